The molecule has 1 aromatic heterocycles. The van der Waals surface area contributed by atoms with Crippen molar-refractivity contribution in [2.45, 2.75) is 6.42 Å². The van der Waals surface area contributed by atoms with E-state index in [0.29, 0.717) is 6.54 Å². The molecule has 0 bridgehead atoms. The molecule has 2 aromatic rings. The summed E-state index contributed by atoms with van der Waals surface area (Å²) < 4.78 is 0. The zero-order chi connectivity index (χ0) is 14.5. The second-order valence-corrected chi connectivity index (χ2v) is 5.37. The van der Waals surface area contributed by atoms with E-state index in [9.17, 15) is 0 Å². The van der Waals surface area contributed by atoms with Crippen molar-refractivity contribution >= 4 is 11.5 Å². The number of rotatable bonds is 4. The van der Waals surface area contributed by atoms with Crippen molar-refractivity contribution in [3.63, 3.8) is 0 Å². The summed E-state index contributed by atoms with van der Waals surface area (Å²) in [5.41, 5.74) is 8.21. The fourth-order valence-electron chi connectivity index (χ4n) is 2.77. The van der Waals surface area contributed by atoms with E-state index >= 15 is 0 Å². The van der Waals surface area contributed by atoms with Crippen molar-refractivity contribution in [2.24, 2.45) is 5.73 Å². The van der Waals surface area contributed by atoms with Gasteiger partial charge in [-0.15, -0.1) is 0 Å². The van der Waals surface area contributed by atoms with Gasteiger partial charge in [0.15, 0.2) is 0 Å². The zero-order valence-electron chi connectivity index (χ0n) is 12.3. The maximum absolute atomic E-state index is 5.59. The summed E-state index contributed by atoms with van der Waals surface area (Å²) in [6.07, 6.45) is 2.81. The predicted octanol–water partition coefficient (Wildman–Crippen LogP) is 1.91. The molecule has 0 atom stereocenters. The Hall–Kier alpha value is -2.07. The van der Waals surface area contributed by atoms with E-state index in [1.54, 1.807) is 0 Å². The number of anilines is 2. The van der Waals surface area contributed by atoms with E-state index in [-0.39, 0.29) is 0 Å². The molecular weight excluding hydrogens is 260 g/mol. The van der Waals surface area contributed by atoms with Crippen LogP contribution < -0.4 is 15.5 Å². The second-order valence-electron chi connectivity index (χ2n) is 5.37. The number of piperazine rings is 1. The van der Waals surface area contributed by atoms with Crippen LogP contribution in [0.15, 0.2) is 48.7 Å². The molecule has 1 aliphatic heterocycles. The Bertz CT molecular complexity index is 545. The lowest BCUT2D eigenvalue weighted by atomic mass is 10.1. The minimum absolute atomic E-state index is 0.710. The van der Waals surface area contributed by atoms with Crippen LogP contribution in [0.25, 0.3) is 0 Å². The first-order chi connectivity index (χ1) is 10.4. The highest BCUT2D eigenvalue weighted by atomic mass is 15.3. The van der Waals surface area contributed by atoms with Crippen LogP contribution in [-0.4, -0.2) is 37.7 Å². The highest BCUT2D eigenvalue weighted by molar-refractivity contribution is 5.50. The van der Waals surface area contributed by atoms with Crippen molar-refractivity contribution in [1.82, 2.24) is 4.98 Å². The summed E-state index contributed by atoms with van der Waals surface area (Å²) in [6, 6.07) is 14.9. The zero-order valence-corrected chi connectivity index (χ0v) is 12.3. The van der Waals surface area contributed by atoms with Crippen LogP contribution in [0.3, 0.4) is 0 Å². The van der Waals surface area contributed by atoms with E-state index in [1.807, 2.05) is 18.3 Å². The third-order valence-electron chi connectivity index (χ3n) is 3.99. The normalized spacial score (nSPS) is 15.3. The topological polar surface area (TPSA) is 45.4 Å². The summed E-state index contributed by atoms with van der Waals surface area (Å²) in [7, 11) is 0. The Morgan fingerprint density at radius 2 is 1.62 bits per heavy atom. The van der Waals surface area contributed by atoms with Gasteiger partial charge >= 0.3 is 0 Å². The van der Waals surface area contributed by atoms with Crippen LogP contribution in [0.2, 0.25) is 0 Å². The van der Waals surface area contributed by atoms with Gasteiger partial charge in [0.05, 0.1) is 0 Å². The predicted molar refractivity (Wildman–Crippen MR) is 87.9 cm³/mol. The van der Waals surface area contributed by atoms with Gasteiger partial charge in [-0.1, -0.05) is 18.2 Å². The quantitative estimate of drug-likeness (QED) is 0.930. The molecule has 1 saturated heterocycles. The third-order valence-corrected chi connectivity index (χ3v) is 3.99. The van der Waals surface area contributed by atoms with Crippen LogP contribution in [0.4, 0.5) is 11.5 Å². The number of aromatic nitrogens is 1. The molecule has 21 heavy (non-hydrogen) atoms. The smallest absolute Gasteiger partial charge is 0.128 e. The molecule has 1 fully saturated rings. The number of hydrogen-bond donors (Lipinski definition) is 1. The SMILES string of the molecule is NCCc1ccc(N2CCN(c3ccccn3)CC2)cc1. The highest BCUT2D eigenvalue weighted by Crippen LogP contribution is 2.19. The summed E-state index contributed by atoms with van der Waals surface area (Å²) in [5.74, 6) is 1.08. The van der Waals surface area contributed by atoms with Gasteiger partial charge in [0.25, 0.3) is 0 Å². The van der Waals surface area contributed by atoms with Gasteiger partial charge in [0.1, 0.15) is 5.82 Å². The van der Waals surface area contributed by atoms with E-state index in [1.165, 1.54) is 11.3 Å². The minimum Gasteiger partial charge on any atom is -0.368 e. The molecule has 110 valence electrons. The van der Waals surface area contributed by atoms with E-state index in [0.717, 1.165) is 38.4 Å². The third kappa shape index (κ3) is 3.34. The lowest BCUT2D eigenvalue weighted by Gasteiger charge is -2.36. The largest absolute Gasteiger partial charge is 0.368 e. The molecule has 1 aliphatic rings. The Balaban J connectivity index is 1.60. The molecule has 0 amide bonds. The fourth-order valence-corrected chi connectivity index (χ4v) is 2.77. The van der Waals surface area contributed by atoms with Crippen molar-refractivity contribution in [3.05, 3.63) is 54.2 Å². The summed E-state index contributed by atoms with van der Waals surface area (Å²) in [6.45, 7) is 4.81. The number of nitrogens with two attached hydrogens (primary N) is 1. The molecule has 4 heteroatoms. The second kappa shape index (κ2) is 6.59. The number of benzene rings is 1. The van der Waals surface area contributed by atoms with Crippen molar-refractivity contribution in [2.75, 3.05) is 42.5 Å². The Morgan fingerprint density at radius 1 is 0.905 bits per heavy atom. The number of pyridine rings is 1. The average Bonchev–Trinajstić information content (AvgIpc) is 2.57. The molecule has 0 unspecified atom stereocenters. The van der Waals surface area contributed by atoms with Gasteiger partial charge in [-0.05, 0) is 42.8 Å². The van der Waals surface area contributed by atoms with Crippen molar-refractivity contribution < 1.29 is 0 Å². The van der Waals surface area contributed by atoms with E-state index in [4.69, 9.17) is 5.73 Å². The molecule has 2 heterocycles. The van der Waals surface area contributed by atoms with Crippen LogP contribution >= 0.6 is 0 Å². The maximum Gasteiger partial charge on any atom is 0.128 e. The van der Waals surface area contributed by atoms with E-state index in [2.05, 4.69) is 45.1 Å². The minimum atomic E-state index is 0.710. The first-order valence-electron chi connectivity index (χ1n) is 7.57. The van der Waals surface area contributed by atoms with Crippen LogP contribution in [0.1, 0.15) is 5.56 Å². The van der Waals surface area contributed by atoms with Gasteiger partial charge in [0, 0.05) is 38.1 Å². The van der Waals surface area contributed by atoms with Gasteiger partial charge in [-0.3, -0.25) is 0 Å². The first-order valence-corrected chi connectivity index (χ1v) is 7.57. The molecule has 0 radical (unpaired) electrons. The Kier molecular flexibility index (Phi) is 4.36. The molecule has 4 nitrogen and oxygen atoms in total. The van der Waals surface area contributed by atoms with Crippen LogP contribution in [0, 0.1) is 0 Å². The van der Waals surface area contributed by atoms with Crippen LogP contribution in [-0.2, 0) is 6.42 Å². The average molecular weight is 282 g/mol. The lowest BCUT2D eigenvalue weighted by molar-refractivity contribution is 0.647. The number of hydrogen-bond acceptors (Lipinski definition) is 4. The molecule has 3 rings (SSSR count). The molecular formula is C17H22N4. The van der Waals surface area contributed by atoms with Crippen molar-refractivity contribution in [3.8, 4) is 0 Å². The van der Waals surface area contributed by atoms with Gasteiger partial charge in [0.2, 0.25) is 0 Å². The number of nitrogens with zero attached hydrogens (tertiary/aromatic N) is 3. The first kappa shape index (κ1) is 13.9. The highest BCUT2D eigenvalue weighted by Gasteiger charge is 2.17. The van der Waals surface area contributed by atoms with Gasteiger partial charge in [-0.25, -0.2) is 4.98 Å². The molecule has 0 saturated carbocycles. The summed E-state index contributed by atoms with van der Waals surface area (Å²) in [5, 5.41) is 0. The van der Waals surface area contributed by atoms with Crippen molar-refractivity contribution in [1.29, 1.82) is 0 Å². The fraction of sp³-hybridized carbons (Fsp3) is 0.353. The molecule has 2 N–H and O–H groups in total. The maximum atomic E-state index is 5.59. The Labute approximate surface area is 126 Å². The molecule has 0 aliphatic carbocycles. The van der Waals surface area contributed by atoms with Gasteiger partial charge in [-0.2, -0.15) is 0 Å². The summed E-state index contributed by atoms with van der Waals surface area (Å²) in [4.78, 5) is 9.21. The Morgan fingerprint density at radius 3 is 2.24 bits per heavy atom. The van der Waals surface area contributed by atoms with E-state index < -0.39 is 0 Å². The molecule has 1 aromatic carbocycles. The van der Waals surface area contributed by atoms with Crippen LogP contribution in [0.5, 0.6) is 0 Å². The van der Waals surface area contributed by atoms with Gasteiger partial charge < -0.3 is 15.5 Å². The standard InChI is InChI=1S/C17H22N4/c18-9-8-15-4-6-16(7-5-15)20-11-13-21(14-12-20)17-3-1-2-10-19-17/h1-7,10H,8-9,11-14,18H2. The lowest BCUT2D eigenvalue weighted by Crippen LogP contribution is -2.46. The monoisotopic (exact) mass is 282 g/mol. The molecule has 0 spiro atoms. The summed E-state index contributed by atoms with van der Waals surface area (Å²) >= 11 is 0.